The molecular weight excluding hydrogens is 313 g/mol. The first kappa shape index (κ1) is 15.4. The van der Waals surface area contributed by atoms with Gasteiger partial charge in [0.25, 0.3) is 0 Å². The van der Waals surface area contributed by atoms with Crippen LogP contribution in [0.4, 0.5) is 0 Å². The second-order valence-electron chi connectivity index (χ2n) is 2.95. The van der Waals surface area contributed by atoms with Crippen LogP contribution in [-0.4, -0.2) is 16.1 Å². The number of nitrogens with zero attached hydrogens (tertiary/aromatic N) is 1. The Hall–Kier alpha value is -0.640. The Kier molecular flexibility index (Phi) is 6.56. The van der Waals surface area contributed by atoms with Gasteiger partial charge in [0.15, 0.2) is 5.78 Å². The lowest BCUT2D eigenvalue weighted by atomic mass is 10.2. The van der Waals surface area contributed by atoms with Crippen LogP contribution in [-0.2, 0) is 0 Å². The third-order valence-electron chi connectivity index (χ3n) is 2.01. The van der Waals surface area contributed by atoms with E-state index in [0.717, 1.165) is 10.9 Å². The maximum absolute atomic E-state index is 11.3. The lowest BCUT2D eigenvalue weighted by Gasteiger charge is -1.99. The predicted octanol–water partition coefficient (Wildman–Crippen LogP) is 3.66. The molecule has 0 saturated heterocycles. The number of aromatic nitrogens is 1. The number of benzene rings is 1. The van der Waals surface area contributed by atoms with Gasteiger partial charge in [-0.25, -0.2) is 4.98 Å². The van der Waals surface area contributed by atoms with E-state index in [1.165, 1.54) is 0 Å². The Morgan fingerprint density at radius 2 is 1.81 bits per heavy atom. The summed E-state index contributed by atoms with van der Waals surface area (Å²) in [5, 5.41) is 1.37. The number of halogens is 3. The molecule has 0 N–H and O–H groups in total. The SMILES string of the molecule is Cl.Cl.O=C(CBr)c1ccc2ccccc2n1. The number of hydrogen-bond acceptors (Lipinski definition) is 2. The minimum absolute atomic E-state index is 0. The van der Waals surface area contributed by atoms with Crippen LogP contribution < -0.4 is 0 Å². The summed E-state index contributed by atoms with van der Waals surface area (Å²) in [5.74, 6) is 0.00996. The largest absolute Gasteiger partial charge is 0.291 e. The average Bonchev–Trinajstić information content (AvgIpc) is 2.27. The molecule has 0 unspecified atom stereocenters. The Labute approximate surface area is 114 Å². The summed E-state index contributed by atoms with van der Waals surface area (Å²) in [6.45, 7) is 0. The van der Waals surface area contributed by atoms with Crippen molar-refractivity contribution in [3.05, 3.63) is 42.1 Å². The van der Waals surface area contributed by atoms with Crippen molar-refractivity contribution in [1.29, 1.82) is 0 Å². The van der Waals surface area contributed by atoms with E-state index in [4.69, 9.17) is 0 Å². The number of para-hydroxylation sites is 1. The van der Waals surface area contributed by atoms with Gasteiger partial charge in [-0.1, -0.05) is 40.2 Å². The van der Waals surface area contributed by atoms with Crippen LogP contribution in [0.1, 0.15) is 10.5 Å². The van der Waals surface area contributed by atoms with Gasteiger partial charge in [-0.2, -0.15) is 0 Å². The van der Waals surface area contributed by atoms with Crippen LogP contribution in [0, 0.1) is 0 Å². The van der Waals surface area contributed by atoms with Gasteiger partial charge in [0.05, 0.1) is 10.8 Å². The summed E-state index contributed by atoms with van der Waals surface area (Å²) >= 11 is 3.13. The number of alkyl halides is 1. The normalized spacial score (nSPS) is 9.06. The molecule has 86 valence electrons. The summed E-state index contributed by atoms with van der Waals surface area (Å²) in [5.41, 5.74) is 1.37. The molecule has 0 bridgehead atoms. The Bertz CT molecular complexity index is 490. The molecule has 0 atom stereocenters. The summed E-state index contributed by atoms with van der Waals surface area (Å²) < 4.78 is 0. The molecule has 0 spiro atoms. The quantitative estimate of drug-likeness (QED) is 0.624. The second kappa shape index (κ2) is 6.84. The highest BCUT2D eigenvalue weighted by Gasteiger charge is 2.05. The van der Waals surface area contributed by atoms with Crippen LogP contribution in [0.25, 0.3) is 10.9 Å². The number of pyridine rings is 1. The van der Waals surface area contributed by atoms with E-state index in [1.807, 2.05) is 30.3 Å². The number of fused-ring (bicyclic) bond motifs is 1. The molecule has 1 aromatic carbocycles. The highest BCUT2D eigenvalue weighted by atomic mass is 79.9. The van der Waals surface area contributed by atoms with Crippen molar-refractivity contribution in [1.82, 2.24) is 4.98 Å². The molecule has 2 nitrogen and oxygen atoms in total. The van der Waals surface area contributed by atoms with Gasteiger partial charge in [0.1, 0.15) is 5.69 Å². The van der Waals surface area contributed by atoms with Gasteiger partial charge in [0, 0.05) is 5.39 Å². The predicted molar refractivity (Wildman–Crippen MR) is 74.4 cm³/mol. The van der Waals surface area contributed by atoms with Gasteiger partial charge in [-0.15, -0.1) is 24.8 Å². The van der Waals surface area contributed by atoms with Crippen molar-refractivity contribution in [3.8, 4) is 0 Å². The van der Waals surface area contributed by atoms with Crippen molar-refractivity contribution in [2.45, 2.75) is 0 Å². The highest BCUT2D eigenvalue weighted by Crippen LogP contribution is 2.12. The zero-order valence-electron chi connectivity index (χ0n) is 8.22. The molecule has 5 heteroatoms. The number of hydrogen-bond donors (Lipinski definition) is 0. The van der Waals surface area contributed by atoms with Crippen molar-refractivity contribution < 1.29 is 4.79 Å². The summed E-state index contributed by atoms with van der Waals surface area (Å²) in [7, 11) is 0. The zero-order chi connectivity index (χ0) is 9.97. The average molecular weight is 323 g/mol. The van der Waals surface area contributed by atoms with Gasteiger partial charge in [-0.3, -0.25) is 4.79 Å². The lowest BCUT2D eigenvalue weighted by Crippen LogP contribution is -2.02. The fraction of sp³-hybridized carbons (Fsp3) is 0.0909. The summed E-state index contributed by atoms with van der Waals surface area (Å²) in [4.78, 5) is 15.6. The van der Waals surface area contributed by atoms with Crippen molar-refractivity contribution in [3.63, 3.8) is 0 Å². The highest BCUT2D eigenvalue weighted by molar-refractivity contribution is 9.09. The molecular formula is C11H10BrCl2NO. The van der Waals surface area contributed by atoms with Crippen LogP contribution in [0.3, 0.4) is 0 Å². The summed E-state index contributed by atoms with van der Waals surface area (Å²) in [6.07, 6.45) is 0. The molecule has 2 aromatic rings. The maximum atomic E-state index is 11.3. The minimum Gasteiger partial charge on any atom is -0.291 e. The standard InChI is InChI=1S/C11H8BrNO.2ClH/c12-7-11(14)10-6-5-8-3-1-2-4-9(8)13-10;;/h1-6H,7H2;2*1H. The van der Waals surface area contributed by atoms with Crippen LogP contribution in [0.15, 0.2) is 36.4 Å². The Balaban J connectivity index is 0.00000112. The molecule has 16 heavy (non-hydrogen) atoms. The molecule has 0 amide bonds. The molecule has 2 rings (SSSR count). The smallest absolute Gasteiger partial charge is 0.191 e. The molecule has 0 aliphatic rings. The van der Waals surface area contributed by atoms with Crippen LogP contribution in [0.2, 0.25) is 0 Å². The third kappa shape index (κ3) is 3.17. The van der Waals surface area contributed by atoms with Gasteiger partial charge in [-0.05, 0) is 12.1 Å². The van der Waals surface area contributed by atoms with E-state index in [2.05, 4.69) is 20.9 Å². The molecule has 0 radical (unpaired) electrons. The third-order valence-corrected chi connectivity index (χ3v) is 2.51. The Morgan fingerprint density at radius 1 is 1.12 bits per heavy atom. The van der Waals surface area contributed by atoms with E-state index in [-0.39, 0.29) is 30.6 Å². The van der Waals surface area contributed by atoms with Crippen LogP contribution in [0.5, 0.6) is 0 Å². The first-order valence-electron chi connectivity index (χ1n) is 4.26. The van der Waals surface area contributed by atoms with Crippen molar-refractivity contribution in [2.24, 2.45) is 0 Å². The van der Waals surface area contributed by atoms with Gasteiger partial charge in [0.2, 0.25) is 0 Å². The van der Waals surface area contributed by atoms with E-state index < -0.39 is 0 Å². The zero-order valence-corrected chi connectivity index (χ0v) is 11.4. The number of ketones is 1. The van der Waals surface area contributed by atoms with Gasteiger partial charge >= 0.3 is 0 Å². The Morgan fingerprint density at radius 3 is 2.50 bits per heavy atom. The van der Waals surface area contributed by atoms with E-state index >= 15 is 0 Å². The van der Waals surface area contributed by atoms with Crippen molar-refractivity contribution >= 4 is 57.4 Å². The monoisotopic (exact) mass is 321 g/mol. The van der Waals surface area contributed by atoms with E-state index in [0.29, 0.717) is 11.0 Å². The number of rotatable bonds is 2. The lowest BCUT2D eigenvalue weighted by molar-refractivity contribution is 0.101. The number of Topliss-reactive ketones (excluding diaryl/α,β-unsaturated/α-hetero) is 1. The molecule has 1 aromatic heterocycles. The molecule has 0 saturated carbocycles. The maximum Gasteiger partial charge on any atom is 0.191 e. The number of carbonyl (C=O) groups excluding carboxylic acids is 1. The second-order valence-corrected chi connectivity index (χ2v) is 3.51. The number of carbonyl (C=O) groups is 1. The van der Waals surface area contributed by atoms with E-state index in [1.54, 1.807) is 6.07 Å². The summed E-state index contributed by atoms with van der Waals surface area (Å²) in [6, 6.07) is 11.4. The molecule has 0 aliphatic carbocycles. The van der Waals surface area contributed by atoms with Gasteiger partial charge < -0.3 is 0 Å². The van der Waals surface area contributed by atoms with Crippen LogP contribution >= 0.6 is 40.7 Å². The molecule has 0 aliphatic heterocycles. The first-order valence-corrected chi connectivity index (χ1v) is 5.38. The first-order chi connectivity index (χ1) is 6.81. The minimum atomic E-state index is 0. The topological polar surface area (TPSA) is 30.0 Å². The molecule has 0 fully saturated rings. The van der Waals surface area contributed by atoms with E-state index in [9.17, 15) is 4.79 Å². The fourth-order valence-corrected chi connectivity index (χ4v) is 1.58. The fourth-order valence-electron chi connectivity index (χ4n) is 1.29. The van der Waals surface area contributed by atoms with Crippen molar-refractivity contribution in [2.75, 3.05) is 5.33 Å². The molecule has 1 heterocycles.